The Labute approximate surface area is 230 Å². The van der Waals surface area contributed by atoms with Crippen LogP contribution >= 0.6 is 0 Å². The predicted octanol–water partition coefficient (Wildman–Crippen LogP) is 8.24. The van der Waals surface area contributed by atoms with Crippen LogP contribution in [-0.2, 0) is 25.0 Å². The van der Waals surface area contributed by atoms with Crippen LogP contribution in [0.4, 0.5) is 0 Å². The van der Waals surface area contributed by atoms with E-state index in [1.54, 1.807) is 7.11 Å². The Hall–Kier alpha value is -0.996. The molecule has 0 aromatic heterocycles. The molecule has 37 heavy (non-hydrogen) atoms. The van der Waals surface area contributed by atoms with Crippen molar-refractivity contribution in [3.8, 4) is 5.75 Å². The quantitative estimate of drug-likeness (QED) is 0.172. The normalized spacial score (nSPS) is 17.6. The Kier molecular flexibility index (Phi) is 12.3. The Morgan fingerprint density at radius 1 is 0.838 bits per heavy atom. The maximum absolute atomic E-state index is 12.0. The fraction of sp³-hybridized carbons (Fsp3) is 0.767. The summed E-state index contributed by atoms with van der Waals surface area (Å²) < 4.78 is 25.6. The fourth-order valence-electron chi connectivity index (χ4n) is 3.97. The lowest BCUT2D eigenvalue weighted by molar-refractivity contribution is -0.121. The number of ether oxygens (including phenoxy) is 2. The van der Waals surface area contributed by atoms with Gasteiger partial charge in [-0.3, -0.25) is 0 Å². The summed E-state index contributed by atoms with van der Waals surface area (Å²) in [5.41, 5.74) is 1.05. The number of methoxy groups -OCH3 is 1. The average molecular weight is 553 g/mol. The van der Waals surface area contributed by atoms with Crippen molar-refractivity contribution in [3.63, 3.8) is 0 Å². The Morgan fingerprint density at radius 3 is 1.76 bits per heavy atom. The molecule has 7 heteroatoms. The van der Waals surface area contributed by atoms with Gasteiger partial charge in [0.25, 0.3) is 0 Å². The van der Waals surface area contributed by atoms with Crippen molar-refractivity contribution in [1.29, 1.82) is 0 Å². The molecule has 0 bridgehead atoms. The molecule has 0 saturated carbocycles. The molecular formula is C30H56O5Si2. The molecule has 0 aliphatic heterocycles. The van der Waals surface area contributed by atoms with Crippen molar-refractivity contribution < 1.29 is 23.1 Å². The molecule has 1 aromatic rings. The van der Waals surface area contributed by atoms with Gasteiger partial charge in [0.15, 0.2) is 16.6 Å². The van der Waals surface area contributed by atoms with E-state index in [9.17, 15) is 4.79 Å². The van der Waals surface area contributed by atoms with Gasteiger partial charge in [0.1, 0.15) is 12.0 Å². The van der Waals surface area contributed by atoms with E-state index in [1.165, 1.54) is 0 Å². The van der Waals surface area contributed by atoms with Gasteiger partial charge in [-0.2, -0.15) is 0 Å². The van der Waals surface area contributed by atoms with Crippen LogP contribution in [-0.4, -0.2) is 48.3 Å². The third kappa shape index (κ3) is 9.92. The number of benzene rings is 1. The Balaban J connectivity index is 3.23. The third-order valence-corrected chi connectivity index (χ3v) is 17.7. The molecule has 214 valence electrons. The number of hydrogen-bond acceptors (Lipinski definition) is 5. The van der Waals surface area contributed by atoms with E-state index in [0.717, 1.165) is 24.0 Å². The number of hydrogen-bond donors (Lipinski definition) is 0. The van der Waals surface area contributed by atoms with Gasteiger partial charge in [0.05, 0.1) is 25.9 Å². The van der Waals surface area contributed by atoms with Gasteiger partial charge in [-0.15, -0.1) is 0 Å². The lowest BCUT2D eigenvalue weighted by atomic mass is 9.87. The first-order chi connectivity index (χ1) is 16.8. The second-order valence-corrected chi connectivity index (χ2v) is 23.3. The van der Waals surface area contributed by atoms with Gasteiger partial charge < -0.3 is 23.1 Å². The van der Waals surface area contributed by atoms with E-state index >= 15 is 0 Å². The first kappa shape index (κ1) is 34.0. The molecule has 0 N–H and O–H groups in total. The highest BCUT2D eigenvalue weighted by Crippen LogP contribution is 2.41. The highest BCUT2D eigenvalue weighted by Gasteiger charge is 2.44. The van der Waals surface area contributed by atoms with Crippen molar-refractivity contribution >= 4 is 22.9 Å². The van der Waals surface area contributed by atoms with E-state index in [4.69, 9.17) is 18.3 Å². The minimum Gasteiger partial charge on any atom is -0.497 e. The molecule has 1 rings (SSSR count). The van der Waals surface area contributed by atoms with Gasteiger partial charge in [-0.25, -0.2) is 0 Å². The monoisotopic (exact) mass is 552 g/mol. The zero-order valence-corrected chi connectivity index (χ0v) is 28.2. The third-order valence-electron chi connectivity index (χ3n) is 8.56. The summed E-state index contributed by atoms with van der Waals surface area (Å²) >= 11 is 0. The second kappa shape index (κ2) is 13.4. The van der Waals surface area contributed by atoms with Crippen LogP contribution in [0.25, 0.3) is 0 Å². The highest BCUT2D eigenvalue weighted by molar-refractivity contribution is 6.74. The molecule has 0 fully saturated rings. The van der Waals surface area contributed by atoms with Crippen LogP contribution in [0.2, 0.25) is 36.3 Å². The van der Waals surface area contributed by atoms with Crippen LogP contribution in [0.15, 0.2) is 24.3 Å². The van der Waals surface area contributed by atoms with Crippen molar-refractivity contribution in [3.05, 3.63) is 29.8 Å². The maximum atomic E-state index is 12.0. The topological polar surface area (TPSA) is 54.0 Å². The highest BCUT2D eigenvalue weighted by atomic mass is 28.4. The molecule has 0 amide bonds. The molecule has 0 saturated heterocycles. The Morgan fingerprint density at radius 2 is 1.32 bits per heavy atom. The van der Waals surface area contributed by atoms with Crippen molar-refractivity contribution in [2.45, 2.75) is 130 Å². The molecule has 0 heterocycles. The minimum absolute atomic E-state index is 0.0121. The summed E-state index contributed by atoms with van der Waals surface area (Å²) in [7, 11) is -2.35. The first-order valence-corrected chi connectivity index (χ1v) is 19.6. The minimum atomic E-state index is -2.08. The van der Waals surface area contributed by atoms with Crippen LogP contribution in [0.3, 0.4) is 0 Å². The number of rotatable bonds is 14. The molecule has 0 aliphatic rings. The molecule has 5 nitrogen and oxygen atoms in total. The smallest absolute Gasteiger partial charge is 0.192 e. The van der Waals surface area contributed by atoms with Gasteiger partial charge in [-0.05, 0) is 67.3 Å². The maximum Gasteiger partial charge on any atom is 0.192 e. The molecule has 0 spiro atoms. The second-order valence-electron chi connectivity index (χ2n) is 13.8. The summed E-state index contributed by atoms with van der Waals surface area (Å²) in [6.45, 7) is 29.5. The van der Waals surface area contributed by atoms with Crippen LogP contribution in [0, 0.1) is 11.8 Å². The largest absolute Gasteiger partial charge is 0.497 e. The van der Waals surface area contributed by atoms with Crippen LogP contribution < -0.4 is 4.74 Å². The van der Waals surface area contributed by atoms with E-state index in [-0.39, 0.29) is 40.2 Å². The van der Waals surface area contributed by atoms with Crippen molar-refractivity contribution in [2.24, 2.45) is 11.8 Å². The van der Waals surface area contributed by atoms with E-state index in [2.05, 4.69) is 81.6 Å². The average Bonchev–Trinajstić information content (AvgIpc) is 2.76. The lowest BCUT2D eigenvalue weighted by Crippen LogP contribution is -2.50. The van der Waals surface area contributed by atoms with Gasteiger partial charge in [0.2, 0.25) is 0 Å². The van der Waals surface area contributed by atoms with Crippen molar-refractivity contribution in [1.82, 2.24) is 0 Å². The van der Waals surface area contributed by atoms with Crippen LogP contribution in [0.5, 0.6) is 5.75 Å². The van der Waals surface area contributed by atoms with E-state index < -0.39 is 16.6 Å². The molecule has 0 aliphatic carbocycles. The predicted molar refractivity (Wildman–Crippen MR) is 160 cm³/mol. The first-order valence-electron chi connectivity index (χ1n) is 13.8. The molecule has 5 atom stereocenters. The number of carbonyl (C=O) groups is 1. The zero-order valence-electron chi connectivity index (χ0n) is 26.2. The van der Waals surface area contributed by atoms with Gasteiger partial charge in [-0.1, -0.05) is 67.5 Å². The standard InChI is InChI=1S/C30H56O5Si2/c1-22(20-31)28(33-21-25-15-17-26(32-10)18-16-25)24(3)27(35-37(13,14)30(7,8)9)19-23(2)34-36(11,12)29(4,5)6/h15-18,20,22-24,27-28H,19,21H2,1-14H3/t22-,23+,24-,27-,28-/m0/s1. The van der Waals surface area contributed by atoms with E-state index in [0.29, 0.717) is 6.61 Å². The molecule has 0 unspecified atom stereocenters. The molecular weight excluding hydrogens is 496 g/mol. The van der Waals surface area contributed by atoms with E-state index in [1.807, 2.05) is 31.2 Å². The summed E-state index contributed by atoms with van der Waals surface area (Å²) in [6.07, 6.45) is 1.48. The summed E-state index contributed by atoms with van der Waals surface area (Å²) in [6, 6.07) is 7.88. The SMILES string of the molecule is COc1ccc(CO[C@H]([C@@H](C)[C@H](C[C@@H](C)O[Si](C)(C)C(C)(C)C)O[Si](C)(C)C(C)(C)C)[C@@H](C)C=O)cc1. The molecule has 1 aromatic carbocycles. The fourth-order valence-corrected chi connectivity index (χ4v) is 6.84. The summed E-state index contributed by atoms with van der Waals surface area (Å²) in [5.74, 6) is 0.571. The summed E-state index contributed by atoms with van der Waals surface area (Å²) in [5, 5.41) is 0.211. The van der Waals surface area contributed by atoms with Gasteiger partial charge >= 0.3 is 0 Å². The van der Waals surface area contributed by atoms with Crippen LogP contribution in [0.1, 0.15) is 74.3 Å². The lowest BCUT2D eigenvalue weighted by Gasteiger charge is -2.44. The van der Waals surface area contributed by atoms with Gasteiger partial charge in [0, 0.05) is 17.9 Å². The number of aldehydes is 1. The number of carbonyl (C=O) groups excluding carboxylic acids is 1. The van der Waals surface area contributed by atoms with Crippen molar-refractivity contribution in [2.75, 3.05) is 7.11 Å². The summed E-state index contributed by atoms with van der Waals surface area (Å²) in [4.78, 5) is 12.0. The zero-order chi connectivity index (χ0) is 28.8. The molecule has 0 radical (unpaired) electrons. The Bertz CT molecular complexity index is 824.